The van der Waals surface area contributed by atoms with Crippen LogP contribution in [0.5, 0.6) is 0 Å². The van der Waals surface area contributed by atoms with Gasteiger partial charge in [0, 0.05) is 4.88 Å². The number of aryl methyl sites for hydroxylation is 5. The Kier molecular flexibility index (Phi) is 29.4. The van der Waals surface area contributed by atoms with E-state index in [0.717, 1.165) is 56.0 Å². The van der Waals surface area contributed by atoms with Crippen LogP contribution in [0.3, 0.4) is 0 Å². The zero-order valence-corrected chi connectivity index (χ0v) is 58.8. The van der Waals surface area contributed by atoms with Crippen LogP contribution in [0.25, 0.3) is 30.0 Å². The third-order valence-corrected chi connectivity index (χ3v) is 25.7. The van der Waals surface area contributed by atoms with E-state index in [1.54, 1.807) is 28.2 Å². The van der Waals surface area contributed by atoms with Crippen LogP contribution in [0.15, 0.2) is 60.7 Å². The van der Waals surface area contributed by atoms with Gasteiger partial charge in [-0.2, -0.15) is 0 Å². The Morgan fingerprint density at radius 3 is 1.19 bits per heavy atom. The van der Waals surface area contributed by atoms with Crippen LogP contribution in [0, 0.1) is 6.92 Å². The van der Waals surface area contributed by atoms with Gasteiger partial charge in [-0.1, -0.05) is 137 Å². The number of fused-ring (bicyclic) bond motifs is 2. The van der Waals surface area contributed by atoms with Gasteiger partial charge >= 0.3 is 382 Å². The fourth-order valence-electron chi connectivity index (χ4n) is 13.1. The average Bonchev–Trinajstić information content (AvgIpc) is 1.88. The summed E-state index contributed by atoms with van der Waals surface area (Å²) >= 11 is 7.64. The van der Waals surface area contributed by atoms with Gasteiger partial charge in [-0.25, -0.2) is 0 Å². The van der Waals surface area contributed by atoms with Crippen LogP contribution in [0.1, 0.15) is 317 Å². The summed E-state index contributed by atoms with van der Waals surface area (Å²) in [4.78, 5) is 42.6. The van der Waals surface area contributed by atoms with Gasteiger partial charge < -0.3 is 0 Å². The summed E-state index contributed by atoms with van der Waals surface area (Å²) in [7, 11) is 0. The van der Waals surface area contributed by atoms with Crippen molar-refractivity contribution in [3.05, 3.63) is 113 Å². The Labute approximate surface area is 538 Å². The first-order chi connectivity index (χ1) is 41.7. The summed E-state index contributed by atoms with van der Waals surface area (Å²) in [6.07, 6.45) is 52.0. The molecule has 9 heteroatoms. The van der Waals surface area contributed by atoms with Crippen molar-refractivity contribution in [3.63, 3.8) is 0 Å². The Balaban J connectivity index is 1.08. The second-order valence-electron chi connectivity index (χ2n) is 25.3. The Hall–Kier alpha value is -3.30. The van der Waals surface area contributed by atoms with Crippen molar-refractivity contribution in [3.8, 4) is 18.6 Å². The number of hydrogen-bond acceptors (Lipinski definition) is 6. The minimum absolute atomic E-state index is 0.0204. The van der Waals surface area contributed by atoms with E-state index in [-0.39, 0.29) is 26.3 Å². The monoisotopic (exact) mass is 1290 g/mol. The summed E-state index contributed by atoms with van der Waals surface area (Å²) in [6, 6.07) is 23.0. The molecule has 0 saturated carbocycles. The van der Waals surface area contributed by atoms with Crippen molar-refractivity contribution in [2.75, 3.05) is 9.80 Å². The van der Waals surface area contributed by atoms with E-state index in [1.807, 2.05) is 27.6 Å². The molecule has 0 bridgehead atoms. The van der Waals surface area contributed by atoms with E-state index < -0.39 is 0 Å². The number of rotatable bonds is 45. The molecular formula is C76H108N2O2S4Se. The van der Waals surface area contributed by atoms with Crippen LogP contribution in [0.4, 0.5) is 10.0 Å². The molecule has 8 rings (SSSR count). The third kappa shape index (κ3) is 19.6. The molecule has 0 saturated heterocycles. The normalized spacial score (nSPS) is 13.2. The summed E-state index contributed by atoms with van der Waals surface area (Å²) < 4.78 is 3.00. The Bertz CT molecular complexity index is 3090. The second-order valence-corrected chi connectivity index (χ2v) is 32.2. The molecule has 85 heavy (non-hydrogen) atoms. The van der Waals surface area contributed by atoms with E-state index in [4.69, 9.17) is 0 Å². The zero-order chi connectivity index (χ0) is 59.6. The van der Waals surface area contributed by atoms with Crippen molar-refractivity contribution in [1.29, 1.82) is 0 Å². The number of hydrogen-bond donors (Lipinski definition) is 0. The van der Waals surface area contributed by atoms with Crippen molar-refractivity contribution < 1.29 is 9.59 Å². The predicted molar refractivity (Wildman–Crippen MR) is 378 cm³/mol. The maximum absolute atomic E-state index is 15.5. The van der Waals surface area contributed by atoms with Gasteiger partial charge in [-0.05, 0) is 18.9 Å². The molecule has 0 N–H and O–H groups in total. The molecule has 0 radical (unpaired) electrons. The number of amides is 2. The van der Waals surface area contributed by atoms with Gasteiger partial charge in [-0.3, -0.25) is 0 Å². The number of nitrogens with zero attached hydrogens (tertiary/aromatic N) is 2. The standard InChI is InChI=1S/C76H108N2O2S4Se/c1-7-11-15-19-23-27-29-31-35-39-43-59-53-57(5)81-73(59)68-49-50-69(85-68)74-60(44-40-36-32-30-28-24-20-16-12-8-2)54-67(84-74)72-64-56-65-63(58(6)77(75(65)79)70-51-47-61(82-70)45-41-37-33-25-21-17-13-9-3)55-66(64)76(80)78(72)71-52-48-62(83-71)46-42-38-34-26-22-18-14-10-4/h47-56H,7-46H2,1-6H3. The minimum atomic E-state index is 0.0204. The quantitative estimate of drug-likeness (QED) is 0.0282. The van der Waals surface area contributed by atoms with E-state index in [1.165, 1.54) is 276 Å². The molecule has 2 aliphatic heterocycles. The van der Waals surface area contributed by atoms with Crippen LogP contribution < -0.4 is 20.2 Å². The molecule has 0 fully saturated rings. The first kappa shape index (κ1) is 67.6. The number of anilines is 2. The van der Waals surface area contributed by atoms with Crippen molar-refractivity contribution in [2.24, 2.45) is 0 Å². The summed E-state index contributed by atoms with van der Waals surface area (Å²) in [5, 5.41) is 3.76. The van der Waals surface area contributed by atoms with Crippen LogP contribution in [0.2, 0.25) is 0 Å². The molecule has 2 aliphatic rings. The topological polar surface area (TPSA) is 40.6 Å². The summed E-state index contributed by atoms with van der Waals surface area (Å²) in [5.41, 5.74) is 6.29. The number of thiophene rings is 4. The molecule has 0 atom stereocenters. The summed E-state index contributed by atoms with van der Waals surface area (Å²) in [5.74, 6) is 0.0466. The first-order valence-electron chi connectivity index (χ1n) is 34.8. The van der Waals surface area contributed by atoms with Gasteiger partial charge in [0.1, 0.15) is 0 Å². The maximum atomic E-state index is 15.5. The molecule has 0 spiro atoms. The van der Waals surface area contributed by atoms with E-state index in [9.17, 15) is 4.79 Å². The van der Waals surface area contributed by atoms with Gasteiger partial charge in [0.15, 0.2) is 0 Å². The third-order valence-electron chi connectivity index (χ3n) is 18.1. The first-order valence-corrected chi connectivity index (χ1v) is 39.8. The molecule has 0 aliphatic carbocycles. The Morgan fingerprint density at radius 1 is 0.365 bits per heavy atom. The number of carbonyl (C=O) groups is 2. The molecule has 0 unspecified atom stereocenters. The van der Waals surface area contributed by atoms with Crippen molar-refractivity contribution in [2.45, 2.75) is 298 Å². The van der Waals surface area contributed by atoms with Crippen LogP contribution >= 0.6 is 45.3 Å². The number of carbonyl (C=O) groups excluding carboxylic acids is 2. The summed E-state index contributed by atoms with van der Waals surface area (Å²) in [6.45, 7) is 13.6. The number of benzene rings is 1. The molecule has 5 aromatic heterocycles. The molecule has 1 aromatic carbocycles. The number of unbranched alkanes of at least 4 members (excludes halogenated alkanes) is 32. The van der Waals surface area contributed by atoms with Crippen LogP contribution in [-0.4, -0.2) is 26.3 Å². The van der Waals surface area contributed by atoms with Gasteiger partial charge in [0.2, 0.25) is 0 Å². The predicted octanol–water partition coefficient (Wildman–Crippen LogP) is 23.5. The van der Waals surface area contributed by atoms with Gasteiger partial charge in [0.25, 0.3) is 0 Å². The van der Waals surface area contributed by atoms with E-state index >= 15 is 4.79 Å². The molecule has 4 nitrogen and oxygen atoms in total. The van der Waals surface area contributed by atoms with Crippen LogP contribution in [-0.2, 0) is 25.7 Å². The van der Waals surface area contributed by atoms with Crippen molar-refractivity contribution >= 4 is 93.1 Å². The van der Waals surface area contributed by atoms with E-state index in [2.05, 4.69) is 107 Å². The molecule has 464 valence electrons. The molecule has 2 amide bonds. The fraction of sp³-hybridized carbons (Fsp3) is 0.605. The van der Waals surface area contributed by atoms with E-state index in [0.29, 0.717) is 11.1 Å². The van der Waals surface area contributed by atoms with Gasteiger partial charge in [-0.15, -0.1) is 0 Å². The average molecular weight is 1290 g/mol. The van der Waals surface area contributed by atoms with Gasteiger partial charge in [0.05, 0.1) is 0 Å². The Morgan fingerprint density at radius 2 is 0.729 bits per heavy atom. The molecule has 6 aromatic rings. The second kappa shape index (κ2) is 37.0. The fourth-order valence-corrected chi connectivity index (χ4v) is 20.4. The van der Waals surface area contributed by atoms with Crippen molar-refractivity contribution in [1.82, 2.24) is 0 Å². The SMILES string of the molecule is CCCCCCCCCCCCc1cc(C)sc1-c1ccc(-c2sc(C3=c4cc5c(cc4C(=O)N3c3ccc(CCCCCCCCCC)s3)=C(C)N(c3ccc(CCCCCCCCCC)s3)C5=O)cc2CCCCCCCCCCCC)[se]1. The zero-order valence-electron chi connectivity index (χ0n) is 53.8. The molecule has 7 heterocycles. The molecular weight excluding hydrogens is 1180 g/mol.